The van der Waals surface area contributed by atoms with Gasteiger partial charge in [0.05, 0.1) is 16.8 Å². The van der Waals surface area contributed by atoms with Crippen LogP contribution < -0.4 is 9.62 Å². The fraction of sp³-hybridized carbons (Fsp3) is 0.235. The highest BCUT2D eigenvalue weighted by Gasteiger charge is 2.26. The van der Waals surface area contributed by atoms with Crippen molar-refractivity contribution in [3.8, 4) is 0 Å². The Morgan fingerprint density at radius 3 is 2.42 bits per heavy atom. The van der Waals surface area contributed by atoms with Gasteiger partial charge in [-0.15, -0.1) is 0 Å². The summed E-state index contributed by atoms with van der Waals surface area (Å²) in [5.74, 6) is -0.437. The second kappa shape index (κ2) is 6.40. The molecule has 0 fully saturated rings. The van der Waals surface area contributed by atoms with Crippen molar-refractivity contribution >= 4 is 37.1 Å². The molecule has 3 rings (SSSR count). The Morgan fingerprint density at radius 1 is 1.04 bits per heavy atom. The maximum absolute atomic E-state index is 12.4. The molecule has 2 aromatic carbocycles. The summed E-state index contributed by atoms with van der Waals surface area (Å²) in [5, 5.41) is 2.72. The summed E-state index contributed by atoms with van der Waals surface area (Å²) in [5.41, 5.74) is 2.20. The summed E-state index contributed by atoms with van der Waals surface area (Å²) >= 11 is 0. The highest BCUT2D eigenvalue weighted by Crippen LogP contribution is 2.32. The first-order valence-electron chi connectivity index (χ1n) is 7.78. The van der Waals surface area contributed by atoms with E-state index in [4.69, 9.17) is 0 Å². The highest BCUT2D eigenvalue weighted by molar-refractivity contribution is 7.92. The van der Waals surface area contributed by atoms with Crippen LogP contribution in [0.2, 0.25) is 0 Å². The van der Waals surface area contributed by atoms with Crippen molar-refractivity contribution in [1.29, 1.82) is 0 Å². The molecule has 0 aromatic heterocycles. The molecule has 0 atom stereocenters. The third-order valence-corrected chi connectivity index (χ3v) is 6.41. The zero-order valence-electron chi connectivity index (χ0n) is 14.3. The number of anilines is 2. The molecule has 0 spiro atoms. The Balaban J connectivity index is 1.84. The van der Waals surface area contributed by atoms with E-state index >= 15 is 0 Å². The van der Waals surface area contributed by atoms with E-state index in [1.165, 1.54) is 28.6 Å². The Hall–Kier alpha value is -2.39. The maximum Gasteiger partial charge on any atom is 0.255 e. The van der Waals surface area contributed by atoms with Crippen LogP contribution in [-0.4, -0.2) is 41.8 Å². The van der Waals surface area contributed by atoms with Crippen LogP contribution in [0, 0.1) is 0 Å². The lowest BCUT2D eigenvalue weighted by Crippen LogP contribution is -2.27. The number of hydrogen-bond donors (Lipinski definition) is 1. The molecule has 26 heavy (non-hydrogen) atoms. The normalized spacial score (nSPS) is 14.2. The molecule has 7 nitrogen and oxygen atoms in total. The third-order valence-electron chi connectivity index (χ3n) is 4.11. The Labute approximate surface area is 152 Å². The number of nitrogens with one attached hydrogen (secondary N) is 1. The summed E-state index contributed by atoms with van der Waals surface area (Å²) in [6.07, 6.45) is 2.81. The molecular formula is C17H18N2O5S2. The summed E-state index contributed by atoms with van der Waals surface area (Å²) in [6, 6.07) is 10.8. The van der Waals surface area contributed by atoms with Gasteiger partial charge in [-0.25, -0.2) is 16.8 Å². The second-order valence-electron chi connectivity index (χ2n) is 6.18. The molecule has 1 aliphatic rings. The van der Waals surface area contributed by atoms with Gasteiger partial charge in [-0.1, -0.05) is 6.07 Å². The molecule has 1 aliphatic heterocycles. The average molecular weight is 394 g/mol. The number of benzene rings is 2. The van der Waals surface area contributed by atoms with Gasteiger partial charge >= 0.3 is 0 Å². The van der Waals surface area contributed by atoms with Gasteiger partial charge in [0, 0.05) is 24.1 Å². The lowest BCUT2D eigenvalue weighted by Gasteiger charge is -2.16. The maximum atomic E-state index is 12.4. The average Bonchev–Trinajstić information content (AvgIpc) is 2.97. The lowest BCUT2D eigenvalue weighted by molar-refractivity contribution is 0.102. The quantitative estimate of drug-likeness (QED) is 0.850. The monoisotopic (exact) mass is 394 g/mol. The van der Waals surface area contributed by atoms with E-state index in [1.54, 1.807) is 18.2 Å². The van der Waals surface area contributed by atoms with Gasteiger partial charge < -0.3 is 5.32 Å². The first kappa shape index (κ1) is 18.4. The number of nitrogens with zero attached hydrogens (tertiary/aromatic N) is 1. The van der Waals surface area contributed by atoms with Crippen molar-refractivity contribution in [3.05, 3.63) is 53.6 Å². The largest absolute Gasteiger partial charge is 0.322 e. The van der Waals surface area contributed by atoms with E-state index < -0.39 is 25.8 Å². The Kier molecular flexibility index (Phi) is 4.53. The van der Waals surface area contributed by atoms with Crippen LogP contribution in [0.3, 0.4) is 0 Å². The van der Waals surface area contributed by atoms with Gasteiger partial charge in [0.2, 0.25) is 10.0 Å². The first-order valence-corrected chi connectivity index (χ1v) is 11.5. The number of sulfone groups is 1. The molecule has 0 bridgehead atoms. The topological polar surface area (TPSA) is 101 Å². The molecule has 2 aromatic rings. The van der Waals surface area contributed by atoms with Gasteiger partial charge in [0.1, 0.15) is 0 Å². The minimum Gasteiger partial charge on any atom is -0.322 e. The number of carbonyl (C=O) groups excluding carboxylic acids is 1. The highest BCUT2D eigenvalue weighted by atomic mass is 32.2. The van der Waals surface area contributed by atoms with Crippen molar-refractivity contribution in [3.63, 3.8) is 0 Å². The van der Waals surface area contributed by atoms with Gasteiger partial charge in [0.25, 0.3) is 5.91 Å². The van der Waals surface area contributed by atoms with Gasteiger partial charge in [-0.2, -0.15) is 0 Å². The Morgan fingerprint density at radius 2 is 1.77 bits per heavy atom. The number of fused-ring (bicyclic) bond motifs is 1. The van der Waals surface area contributed by atoms with Crippen LogP contribution in [0.15, 0.2) is 47.4 Å². The van der Waals surface area contributed by atoms with E-state index in [0.29, 0.717) is 24.3 Å². The van der Waals surface area contributed by atoms with Crippen molar-refractivity contribution in [2.75, 3.05) is 28.7 Å². The van der Waals surface area contributed by atoms with Gasteiger partial charge in [0.15, 0.2) is 9.84 Å². The van der Waals surface area contributed by atoms with Crippen molar-refractivity contribution in [1.82, 2.24) is 0 Å². The fourth-order valence-electron chi connectivity index (χ4n) is 2.86. The molecule has 0 saturated carbocycles. The predicted octanol–water partition coefficient (Wildman–Crippen LogP) is 1.66. The van der Waals surface area contributed by atoms with E-state index in [0.717, 1.165) is 18.1 Å². The molecule has 138 valence electrons. The number of rotatable bonds is 4. The molecule has 0 unspecified atom stereocenters. The predicted molar refractivity (Wildman–Crippen MR) is 99.8 cm³/mol. The zero-order valence-corrected chi connectivity index (χ0v) is 15.9. The number of hydrogen-bond acceptors (Lipinski definition) is 5. The van der Waals surface area contributed by atoms with E-state index in [-0.39, 0.29) is 10.5 Å². The van der Waals surface area contributed by atoms with Crippen LogP contribution in [0.1, 0.15) is 15.9 Å². The van der Waals surface area contributed by atoms with Crippen LogP contribution in [0.4, 0.5) is 11.4 Å². The molecule has 1 amide bonds. The standard InChI is InChI=1S/C17H18N2O5S2/c1-25(21,22)15-5-3-4-13(11-15)17(20)18-14-6-7-16-12(10-14)8-9-19(16)26(2,23)24/h3-7,10-11H,8-9H2,1-2H3,(H,18,20). The Bertz CT molecular complexity index is 1090. The molecule has 0 radical (unpaired) electrons. The molecule has 0 aliphatic carbocycles. The number of amides is 1. The minimum absolute atomic E-state index is 0.0721. The van der Waals surface area contributed by atoms with Gasteiger partial charge in [-0.3, -0.25) is 9.10 Å². The van der Waals surface area contributed by atoms with E-state index in [2.05, 4.69) is 5.32 Å². The molecule has 1 heterocycles. The minimum atomic E-state index is -3.40. The van der Waals surface area contributed by atoms with Gasteiger partial charge in [-0.05, 0) is 48.4 Å². The van der Waals surface area contributed by atoms with Crippen molar-refractivity contribution in [2.24, 2.45) is 0 Å². The van der Waals surface area contributed by atoms with Crippen LogP contribution in [0.25, 0.3) is 0 Å². The smallest absolute Gasteiger partial charge is 0.255 e. The van der Waals surface area contributed by atoms with E-state index in [1.807, 2.05) is 0 Å². The third kappa shape index (κ3) is 3.73. The zero-order chi connectivity index (χ0) is 19.1. The van der Waals surface area contributed by atoms with Crippen molar-refractivity contribution in [2.45, 2.75) is 11.3 Å². The van der Waals surface area contributed by atoms with Crippen LogP contribution in [-0.2, 0) is 26.3 Å². The lowest BCUT2D eigenvalue weighted by atomic mass is 10.1. The second-order valence-corrected chi connectivity index (χ2v) is 10.1. The summed E-state index contributed by atoms with van der Waals surface area (Å²) in [6.45, 7) is 0.377. The summed E-state index contributed by atoms with van der Waals surface area (Å²) in [7, 11) is -6.73. The van der Waals surface area contributed by atoms with Crippen molar-refractivity contribution < 1.29 is 21.6 Å². The summed E-state index contributed by atoms with van der Waals surface area (Å²) < 4.78 is 48.1. The number of carbonyl (C=O) groups is 1. The molecule has 1 N–H and O–H groups in total. The van der Waals surface area contributed by atoms with Crippen LogP contribution in [0.5, 0.6) is 0 Å². The van der Waals surface area contributed by atoms with E-state index in [9.17, 15) is 21.6 Å². The molecule has 0 saturated heterocycles. The first-order chi connectivity index (χ1) is 12.1. The van der Waals surface area contributed by atoms with Crippen LogP contribution >= 0.6 is 0 Å². The number of sulfonamides is 1. The molecular weight excluding hydrogens is 376 g/mol. The fourth-order valence-corrected chi connectivity index (χ4v) is 4.49. The molecule has 9 heteroatoms. The SMILES string of the molecule is CS(=O)(=O)c1cccc(C(=O)Nc2ccc3c(c2)CCN3S(C)(=O)=O)c1. The summed E-state index contributed by atoms with van der Waals surface area (Å²) in [4.78, 5) is 12.5.